The standard InChI is InChI=1S/C22H32N4O3/c1-6-18-20(23-9-12-27)26-14-17(15(2)13-19(26)24-18)16-7-10-25(11-8-16)21(28)29-22(3,4)5/h12-14,16,23H,6-11H2,1-5H3. The molecule has 1 aliphatic heterocycles. The number of amides is 1. The Morgan fingerprint density at radius 2 is 2.03 bits per heavy atom. The number of rotatable bonds is 5. The van der Waals surface area contributed by atoms with Gasteiger partial charge in [0.05, 0.1) is 12.2 Å². The molecule has 3 heterocycles. The summed E-state index contributed by atoms with van der Waals surface area (Å²) >= 11 is 0. The van der Waals surface area contributed by atoms with Crippen molar-refractivity contribution in [2.24, 2.45) is 0 Å². The van der Waals surface area contributed by atoms with Crippen LogP contribution in [0.4, 0.5) is 10.6 Å². The molecule has 0 aliphatic carbocycles. The number of nitrogens with zero attached hydrogens (tertiary/aromatic N) is 3. The number of nitrogens with one attached hydrogen (secondary N) is 1. The molecule has 7 nitrogen and oxygen atoms in total. The molecule has 0 aromatic carbocycles. The molecule has 0 bridgehead atoms. The molecule has 1 saturated heterocycles. The summed E-state index contributed by atoms with van der Waals surface area (Å²) in [6.07, 6.45) is 5.38. The molecule has 0 saturated carbocycles. The van der Waals surface area contributed by atoms with Crippen molar-refractivity contribution in [1.29, 1.82) is 0 Å². The van der Waals surface area contributed by atoms with Gasteiger partial charge in [-0.2, -0.15) is 0 Å². The Morgan fingerprint density at radius 3 is 2.62 bits per heavy atom. The maximum Gasteiger partial charge on any atom is 0.410 e. The number of fused-ring (bicyclic) bond motifs is 1. The van der Waals surface area contributed by atoms with Crippen molar-refractivity contribution >= 4 is 23.8 Å². The fraction of sp³-hybridized carbons (Fsp3) is 0.591. The Kier molecular flexibility index (Phi) is 6.15. The van der Waals surface area contributed by atoms with E-state index in [4.69, 9.17) is 9.72 Å². The topological polar surface area (TPSA) is 75.9 Å². The van der Waals surface area contributed by atoms with Crippen molar-refractivity contribution in [3.05, 3.63) is 29.1 Å². The van der Waals surface area contributed by atoms with E-state index in [1.54, 1.807) is 4.90 Å². The van der Waals surface area contributed by atoms with Gasteiger partial charge in [0.15, 0.2) is 0 Å². The Bertz CT molecular complexity index is 890. The molecule has 2 aromatic heterocycles. The summed E-state index contributed by atoms with van der Waals surface area (Å²) in [5, 5.41) is 3.19. The molecule has 1 amide bonds. The number of carbonyl (C=O) groups is 2. The number of aldehydes is 1. The van der Waals surface area contributed by atoms with Crippen LogP contribution in [0.1, 0.15) is 63.3 Å². The van der Waals surface area contributed by atoms with E-state index in [0.717, 1.165) is 42.7 Å². The van der Waals surface area contributed by atoms with Gasteiger partial charge in [-0.25, -0.2) is 9.78 Å². The highest BCUT2D eigenvalue weighted by molar-refractivity contribution is 5.68. The van der Waals surface area contributed by atoms with Gasteiger partial charge < -0.3 is 19.7 Å². The molecule has 0 radical (unpaired) electrons. The van der Waals surface area contributed by atoms with Gasteiger partial charge in [-0.3, -0.25) is 4.40 Å². The Labute approximate surface area is 172 Å². The van der Waals surface area contributed by atoms with Crippen LogP contribution in [0.5, 0.6) is 0 Å². The molecule has 158 valence electrons. The summed E-state index contributed by atoms with van der Waals surface area (Å²) in [7, 11) is 0. The van der Waals surface area contributed by atoms with Crippen molar-refractivity contribution in [2.75, 3.05) is 25.0 Å². The SMILES string of the molecule is CCc1nc2cc(C)c(C3CCN(C(=O)OC(C)(C)C)CC3)cn2c1NCC=O. The third-order valence-corrected chi connectivity index (χ3v) is 5.35. The van der Waals surface area contributed by atoms with Gasteiger partial charge in [-0.1, -0.05) is 6.92 Å². The number of imidazole rings is 1. The van der Waals surface area contributed by atoms with Gasteiger partial charge in [0.2, 0.25) is 0 Å². The first kappa shape index (κ1) is 21.1. The zero-order valence-electron chi connectivity index (χ0n) is 18.1. The predicted octanol–water partition coefficient (Wildman–Crippen LogP) is 3.93. The summed E-state index contributed by atoms with van der Waals surface area (Å²) in [6, 6.07) is 2.11. The first-order valence-corrected chi connectivity index (χ1v) is 10.4. The number of aryl methyl sites for hydroxylation is 2. The lowest BCUT2D eigenvalue weighted by atomic mass is 9.88. The number of hydrogen-bond donors (Lipinski definition) is 1. The molecule has 3 rings (SSSR count). The lowest BCUT2D eigenvalue weighted by Crippen LogP contribution is -2.41. The van der Waals surface area contributed by atoms with E-state index in [9.17, 15) is 9.59 Å². The van der Waals surface area contributed by atoms with Crippen LogP contribution in [0, 0.1) is 6.92 Å². The van der Waals surface area contributed by atoms with Crippen LogP contribution in [0.15, 0.2) is 12.3 Å². The maximum atomic E-state index is 12.3. The van der Waals surface area contributed by atoms with Crippen LogP contribution < -0.4 is 5.32 Å². The van der Waals surface area contributed by atoms with Crippen molar-refractivity contribution in [3.8, 4) is 0 Å². The second-order valence-corrected chi connectivity index (χ2v) is 8.69. The van der Waals surface area contributed by atoms with Crippen LogP contribution in [-0.2, 0) is 16.0 Å². The van der Waals surface area contributed by atoms with E-state index in [1.807, 2.05) is 20.8 Å². The van der Waals surface area contributed by atoms with Crippen molar-refractivity contribution in [3.63, 3.8) is 0 Å². The summed E-state index contributed by atoms with van der Waals surface area (Å²) in [5.74, 6) is 1.27. The monoisotopic (exact) mass is 400 g/mol. The summed E-state index contributed by atoms with van der Waals surface area (Å²) in [4.78, 5) is 29.7. The number of ether oxygens (including phenoxy) is 1. The molecule has 0 unspecified atom stereocenters. The minimum absolute atomic E-state index is 0.231. The fourth-order valence-electron chi connectivity index (χ4n) is 3.95. The van der Waals surface area contributed by atoms with Gasteiger partial charge >= 0.3 is 6.09 Å². The Morgan fingerprint density at radius 1 is 1.34 bits per heavy atom. The molecule has 0 spiro atoms. The number of pyridine rings is 1. The van der Waals surface area contributed by atoms with E-state index in [-0.39, 0.29) is 12.6 Å². The first-order chi connectivity index (χ1) is 13.7. The molecule has 2 aromatic rings. The average Bonchev–Trinajstić information content (AvgIpc) is 3.00. The van der Waals surface area contributed by atoms with E-state index < -0.39 is 5.60 Å². The molecule has 1 N–H and O–H groups in total. The summed E-state index contributed by atoms with van der Waals surface area (Å²) < 4.78 is 7.57. The highest BCUT2D eigenvalue weighted by atomic mass is 16.6. The van der Waals surface area contributed by atoms with Gasteiger partial charge in [0.25, 0.3) is 0 Å². The van der Waals surface area contributed by atoms with Crippen LogP contribution in [-0.4, -0.2) is 51.9 Å². The smallest absolute Gasteiger partial charge is 0.410 e. The molecule has 0 atom stereocenters. The third-order valence-electron chi connectivity index (χ3n) is 5.35. The number of likely N-dealkylation sites (tertiary alicyclic amines) is 1. The van der Waals surface area contributed by atoms with E-state index >= 15 is 0 Å². The fourth-order valence-corrected chi connectivity index (χ4v) is 3.95. The molecular formula is C22H32N4O3. The largest absolute Gasteiger partial charge is 0.444 e. The molecule has 7 heteroatoms. The van der Waals surface area contributed by atoms with Gasteiger partial charge in [-0.05, 0) is 70.1 Å². The number of aromatic nitrogens is 2. The van der Waals surface area contributed by atoms with Gasteiger partial charge in [0.1, 0.15) is 23.4 Å². The maximum absolute atomic E-state index is 12.3. The van der Waals surface area contributed by atoms with Crippen LogP contribution in [0.2, 0.25) is 0 Å². The second-order valence-electron chi connectivity index (χ2n) is 8.69. The quantitative estimate of drug-likeness (QED) is 0.770. The highest BCUT2D eigenvalue weighted by Gasteiger charge is 2.28. The minimum Gasteiger partial charge on any atom is -0.444 e. The Hall–Kier alpha value is -2.57. The average molecular weight is 401 g/mol. The molecule has 29 heavy (non-hydrogen) atoms. The van der Waals surface area contributed by atoms with Crippen LogP contribution in [0.3, 0.4) is 0 Å². The number of piperidine rings is 1. The first-order valence-electron chi connectivity index (χ1n) is 10.4. The minimum atomic E-state index is -0.473. The van der Waals surface area contributed by atoms with E-state index in [2.05, 4.69) is 35.8 Å². The van der Waals surface area contributed by atoms with Crippen molar-refractivity contribution in [2.45, 2.75) is 65.4 Å². The van der Waals surface area contributed by atoms with E-state index in [0.29, 0.717) is 19.0 Å². The van der Waals surface area contributed by atoms with Crippen LogP contribution in [0.25, 0.3) is 5.65 Å². The lowest BCUT2D eigenvalue weighted by Gasteiger charge is -2.34. The zero-order chi connectivity index (χ0) is 21.2. The third kappa shape index (κ3) is 4.71. The van der Waals surface area contributed by atoms with E-state index in [1.165, 1.54) is 11.1 Å². The number of hydrogen-bond acceptors (Lipinski definition) is 5. The second kappa shape index (κ2) is 8.43. The lowest BCUT2D eigenvalue weighted by molar-refractivity contribution is -0.106. The highest BCUT2D eigenvalue weighted by Crippen LogP contribution is 2.32. The number of anilines is 1. The van der Waals surface area contributed by atoms with Gasteiger partial charge in [0, 0.05) is 19.3 Å². The van der Waals surface area contributed by atoms with Crippen molar-refractivity contribution in [1.82, 2.24) is 14.3 Å². The van der Waals surface area contributed by atoms with Crippen LogP contribution >= 0.6 is 0 Å². The number of carbonyl (C=O) groups excluding carboxylic acids is 2. The summed E-state index contributed by atoms with van der Waals surface area (Å²) in [5.41, 5.74) is 3.86. The van der Waals surface area contributed by atoms with Gasteiger partial charge in [-0.15, -0.1) is 0 Å². The Balaban J connectivity index is 1.80. The molecule has 1 fully saturated rings. The predicted molar refractivity (Wildman–Crippen MR) is 114 cm³/mol. The zero-order valence-corrected chi connectivity index (χ0v) is 18.1. The normalized spacial score (nSPS) is 15.6. The van der Waals surface area contributed by atoms with Crippen molar-refractivity contribution < 1.29 is 14.3 Å². The molecular weight excluding hydrogens is 368 g/mol. The summed E-state index contributed by atoms with van der Waals surface area (Å²) in [6.45, 7) is 11.5. The molecule has 1 aliphatic rings.